The maximum Gasteiger partial charge on any atom is 0.433 e. The van der Waals surface area contributed by atoms with Crippen molar-refractivity contribution in [1.29, 1.82) is 0 Å². The SMILES string of the molecule is O=C(CSc1nccc(C(F)(F)F)n1)NNC(=O)c1ccc(Cl)cc1. The van der Waals surface area contributed by atoms with Gasteiger partial charge in [-0.25, -0.2) is 9.97 Å². The number of benzene rings is 1. The Hall–Kier alpha value is -2.33. The summed E-state index contributed by atoms with van der Waals surface area (Å²) in [7, 11) is 0. The zero-order chi connectivity index (χ0) is 18.4. The fourth-order valence-corrected chi connectivity index (χ4v) is 2.29. The molecule has 0 spiro atoms. The molecule has 0 aliphatic heterocycles. The lowest BCUT2D eigenvalue weighted by atomic mass is 10.2. The quantitative estimate of drug-likeness (QED) is 0.476. The summed E-state index contributed by atoms with van der Waals surface area (Å²) in [6.45, 7) is 0. The highest BCUT2D eigenvalue weighted by Gasteiger charge is 2.32. The van der Waals surface area contributed by atoms with Crippen LogP contribution in [0.3, 0.4) is 0 Å². The van der Waals surface area contributed by atoms with E-state index in [0.29, 0.717) is 16.8 Å². The van der Waals surface area contributed by atoms with Crippen molar-refractivity contribution in [3.8, 4) is 0 Å². The number of carbonyl (C=O) groups is 2. The van der Waals surface area contributed by atoms with Crippen LogP contribution < -0.4 is 10.9 Å². The minimum atomic E-state index is -4.59. The van der Waals surface area contributed by atoms with Crippen LogP contribution in [0.1, 0.15) is 16.1 Å². The molecule has 0 bridgehead atoms. The Kier molecular flexibility index (Phi) is 6.21. The predicted molar refractivity (Wildman–Crippen MR) is 84.8 cm³/mol. The average molecular weight is 391 g/mol. The standard InChI is InChI=1S/C14H10ClF3N4O2S/c15-9-3-1-8(2-4-9)12(24)22-21-11(23)7-25-13-19-6-5-10(20-13)14(16,17)18/h1-6H,7H2,(H,21,23)(H,22,24). The highest BCUT2D eigenvalue weighted by molar-refractivity contribution is 7.99. The lowest BCUT2D eigenvalue weighted by molar-refractivity contribution is -0.141. The number of rotatable bonds is 4. The van der Waals surface area contributed by atoms with Gasteiger partial charge in [0.2, 0.25) is 5.91 Å². The summed E-state index contributed by atoms with van der Waals surface area (Å²) in [5, 5.41) is 0.257. The minimum absolute atomic E-state index is 0.200. The second-order valence-corrected chi connectivity index (χ2v) is 5.90. The van der Waals surface area contributed by atoms with Crippen LogP contribution in [-0.4, -0.2) is 27.5 Å². The van der Waals surface area contributed by atoms with E-state index in [1.54, 1.807) is 0 Å². The zero-order valence-electron chi connectivity index (χ0n) is 12.3. The number of hydrogen-bond acceptors (Lipinski definition) is 5. The van der Waals surface area contributed by atoms with Crippen LogP contribution in [0.5, 0.6) is 0 Å². The molecular formula is C14H10ClF3N4O2S. The van der Waals surface area contributed by atoms with Gasteiger partial charge in [0.05, 0.1) is 5.75 Å². The summed E-state index contributed by atoms with van der Waals surface area (Å²) < 4.78 is 37.6. The van der Waals surface area contributed by atoms with Gasteiger partial charge in [-0.3, -0.25) is 20.4 Å². The summed E-state index contributed by atoms with van der Waals surface area (Å²) in [5.74, 6) is -1.47. The smallest absolute Gasteiger partial charge is 0.272 e. The van der Waals surface area contributed by atoms with Crippen LogP contribution in [-0.2, 0) is 11.0 Å². The van der Waals surface area contributed by atoms with Gasteiger partial charge in [0.25, 0.3) is 5.91 Å². The maximum atomic E-state index is 12.5. The molecule has 0 radical (unpaired) electrons. The van der Waals surface area contributed by atoms with Gasteiger partial charge in [0, 0.05) is 16.8 Å². The van der Waals surface area contributed by atoms with Gasteiger partial charge in [-0.15, -0.1) is 0 Å². The molecule has 25 heavy (non-hydrogen) atoms. The highest BCUT2D eigenvalue weighted by Crippen LogP contribution is 2.28. The Morgan fingerprint density at radius 3 is 2.44 bits per heavy atom. The predicted octanol–water partition coefficient (Wildman–Crippen LogP) is 2.70. The molecule has 0 unspecified atom stereocenters. The van der Waals surface area contributed by atoms with Gasteiger partial charge < -0.3 is 0 Å². The molecule has 1 aromatic carbocycles. The van der Waals surface area contributed by atoms with Crippen LogP contribution in [0.2, 0.25) is 5.02 Å². The van der Waals surface area contributed by atoms with Crippen LogP contribution in [0.4, 0.5) is 13.2 Å². The third-order valence-corrected chi connectivity index (χ3v) is 3.79. The Labute approximate surface area is 149 Å². The van der Waals surface area contributed by atoms with E-state index < -0.39 is 23.7 Å². The molecule has 1 heterocycles. The fourth-order valence-electron chi connectivity index (χ4n) is 1.53. The second kappa shape index (κ2) is 8.17. The molecule has 0 saturated carbocycles. The lowest BCUT2D eigenvalue weighted by Crippen LogP contribution is -2.42. The second-order valence-electron chi connectivity index (χ2n) is 4.52. The zero-order valence-corrected chi connectivity index (χ0v) is 13.9. The molecule has 2 amide bonds. The summed E-state index contributed by atoms with van der Waals surface area (Å²) in [4.78, 5) is 30.4. The molecule has 0 fully saturated rings. The van der Waals surface area contributed by atoms with Crippen molar-refractivity contribution in [3.05, 3.63) is 52.8 Å². The molecule has 2 aromatic rings. The van der Waals surface area contributed by atoms with E-state index in [2.05, 4.69) is 20.8 Å². The van der Waals surface area contributed by atoms with E-state index in [1.165, 1.54) is 24.3 Å². The molecule has 132 valence electrons. The third-order valence-electron chi connectivity index (χ3n) is 2.68. The molecular weight excluding hydrogens is 381 g/mol. The van der Waals surface area contributed by atoms with Gasteiger partial charge in [-0.1, -0.05) is 23.4 Å². The number of nitrogens with one attached hydrogen (secondary N) is 2. The summed E-state index contributed by atoms with van der Waals surface area (Å²) in [5.41, 5.74) is 3.50. The van der Waals surface area contributed by atoms with Gasteiger partial charge in [-0.05, 0) is 30.3 Å². The van der Waals surface area contributed by atoms with E-state index in [0.717, 1.165) is 12.3 Å². The monoisotopic (exact) mass is 390 g/mol. The Bertz CT molecular complexity index is 771. The number of hydrazine groups is 1. The summed E-state index contributed by atoms with van der Waals surface area (Å²) in [6, 6.07) is 6.69. The van der Waals surface area contributed by atoms with Gasteiger partial charge >= 0.3 is 6.18 Å². The summed E-state index contributed by atoms with van der Waals surface area (Å²) in [6.07, 6.45) is -3.63. The number of alkyl halides is 3. The molecule has 0 aliphatic carbocycles. The first-order valence-electron chi connectivity index (χ1n) is 6.63. The molecule has 0 aliphatic rings. The first kappa shape index (κ1) is 19.0. The number of halogens is 4. The van der Waals surface area contributed by atoms with Crippen molar-refractivity contribution in [2.24, 2.45) is 0 Å². The van der Waals surface area contributed by atoms with Crippen LogP contribution in [0, 0.1) is 0 Å². The van der Waals surface area contributed by atoms with Crippen molar-refractivity contribution >= 4 is 35.2 Å². The minimum Gasteiger partial charge on any atom is -0.272 e. The number of nitrogens with zero attached hydrogens (tertiary/aromatic N) is 2. The van der Waals surface area contributed by atoms with Crippen molar-refractivity contribution in [3.63, 3.8) is 0 Å². The largest absolute Gasteiger partial charge is 0.433 e. The topological polar surface area (TPSA) is 84.0 Å². The van der Waals surface area contributed by atoms with Crippen LogP contribution >= 0.6 is 23.4 Å². The Balaban J connectivity index is 1.83. The van der Waals surface area contributed by atoms with E-state index in [1.807, 2.05) is 0 Å². The molecule has 1 aromatic heterocycles. The molecule has 6 nitrogen and oxygen atoms in total. The Morgan fingerprint density at radius 1 is 1.12 bits per heavy atom. The highest BCUT2D eigenvalue weighted by atomic mass is 35.5. The Morgan fingerprint density at radius 2 is 1.80 bits per heavy atom. The fraction of sp³-hybridized carbons (Fsp3) is 0.143. The van der Waals surface area contributed by atoms with Gasteiger partial charge in [0.15, 0.2) is 5.16 Å². The third kappa shape index (κ3) is 5.91. The van der Waals surface area contributed by atoms with E-state index in [4.69, 9.17) is 11.6 Å². The molecule has 11 heteroatoms. The van der Waals surface area contributed by atoms with E-state index in [-0.39, 0.29) is 16.5 Å². The van der Waals surface area contributed by atoms with Crippen molar-refractivity contribution < 1.29 is 22.8 Å². The number of hydrogen-bond donors (Lipinski definition) is 2. The molecule has 0 atom stereocenters. The maximum absolute atomic E-state index is 12.5. The van der Waals surface area contributed by atoms with Gasteiger partial charge in [0.1, 0.15) is 5.69 Å². The molecule has 2 N–H and O–H groups in total. The summed E-state index contributed by atoms with van der Waals surface area (Å²) >= 11 is 6.40. The van der Waals surface area contributed by atoms with E-state index in [9.17, 15) is 22.8 Å². The normalized spacial score (nSPS) is 11.0. The van der Waals surface area contributed by atoms with E-state index >= 15 is 0 Å². The van der Waals surface area contributed by atoms with Gasteiger partial charge in [-0.2, -0.15) is 13.2 Å². The number of amides is 2. The van der Waals surface area contributed by atoms with Crippen LogP contribution in [0.25, 0.3) is 0 Å². The van der Waals surface area contributed by atoms with Crippen molar-refractivity contribution in [2.45, 2.75) is 11.3 Å². The molecule has 2 rings (SSSR count). The number of carbonyl (C=O) groups excluding carboxylic acids is 2. The number of thioether (sulfide) groups is 1. The first-order valence-corrected chi connectivity index (χ1v) is 8.00. The number of aromatic nitrogens is 2. The first-order chi connectivity index (χ1) is 11.8. The van der Waals surface area contributed by atoms with Crippen molar-refractivity contribution in [1.82, 2.24) is 20.8 Å². The van der Waals surface area contributed by atoms with Crippen LogP contribution in [0.15, 0.2) is 41.7 Å². The lowest BCUT2D eigenvalue weighted by Gasteiger charge is -2.08. The average Bonchev–Trinajstić information content (AvgIpc) is 2.58. The molecule has 0 saturated heterocycles. The van der Waals surface area contributed by atoms with Crippen molar-refractivity contribution in [2.75, 3.05) is 5.75 Å².